The number of amides is 1. The Bertz CT molecular complexity index is 687. The van der Waals surface area contributed by atoms with Crippen molar-refractivity contribution in [2.75, 3.05) is 6.54 Å². The quantitative estimate of drug-likeness (QED) is 0.837. The molecule has 1 fully saturated rings. The highest BCUT2D eigenvalue weighted by atomic mass is 16.2. The number of fused-ring (bicyclic) bond motifs is 1. The van der Waals surface area contributed by atoms with Crippen LogP contribution in [0, 0.1) is 11.3 Å². The predicted molar refractivity (Wildman–Crippen MR) is 78.0 cm³/mol. The molecule has 0 N–H and O–H groups in total. The third-order valence-corrected chi connectivity index (χ3v) is 3.89. The van der Waals surface area contributed by atoms with E-state index in [0.717, 1.165) is 23.8 Å². The van der Waals surface area contributed by atoms with Crippen LogP contribution in [0.4, 0.5) is 0 Å². The Morgan fingerprint density at radius 1 is 1.25 bits per heavy atom. The van der Waals surface area contributed by atoms with Crippen molar-refractivity contribution in [3.05, 3.63) is 48.0 Å². The highest BCUT2D eigenvalue weighted by molar-refractivity contribution is 5.85. The van der Waals surface area contributed by atoms with Gasteiger partial charge in [0.2, 0.25) is 5.91 Å². The first-order valence-corrected chi connectivity index (χ1v) is 6.95. The Morgan fingerprint density at radius 2 is 2.05 bits per heavy atom. The lowest BCUT2D eigenvalue weighted by molar-refractivity contribution is -0.130. The fourth-order valence-electron chi connectivity index (χ4n) is 2.82. The maximum absolute atomic E-state index is 12.3. The first kappa shape index (κ1) is 12.7. The Labute approximate surface area is 118 Å². The summed E-state index contributed by atoms with van der Waals surface area (Å²) in [5.74, 6) is 0.0596. The molecule has 100 valence electrons. The van der Waals surface area contributed by atoms with Crippen LogP contribution in [0.15, 0.2) is 42.5 Å². The van der Waals surface area contributed by atoms with E-state index in [0.29, 0.717) is 13.0 Å². The maximum Gasteiger partial charge on any atom is 0.228 e. The third-order valence-electron chi connectivity index (χ3n) is 3.89. The van der Waals surface area contributed by atoms with Crippen molar-refractivity contribution in [2.45, 2.75) is 25.3 Å². The number of nitrogens with zero attached hydrogens (tertiary/aromatic N) is 2. The van der Waals surface area contributed by atoms with E-state index in [9.17, 15) is 4.79 Å². The number of hydrogen-bond donors (Lipinski definition) is 0. The van der Waals surface area contributed by atoms with Crippen LogP contribution in [-0.2, 0) is 11.2 Å². The summed E-state index contributed by atoms with van der Waals surface area (Å²) >= 11 is 0. The fourth-order valence-corrected chi connectivity index (χ4v) is 2.82. The van der Waals surface area contributed by atoms with Gasteiger partial charge in [-0.15, -0.1) is 0 Å². The minimum absolute atomic E-state index is 0.0596. The number of rotatable bonds is 2. The summed E-state index contributed by atoms with van der Waals surface area (Å²) < 4.78 is 0. The topological polar surface area (TPSA) is 44.1 Å². The Kier molecular flexibility index (Phi) is 3.39. The molecule has 0 radical (unpaired) electrons. The number of benzene rings is 2. The molecule has 0 spiro atoms. The standard InChI is InChI=1S/C17H16N2O/c18-12-16-6-3-9-19(16)17(20)11-13-7-8-14-4-1-2-5-15(14)10-13/h1-2,4-5,7-8,10,16H,3,6,9,11H2. The summed E-state index contributed by atoms with van der Waals surface area (Å²) in [4.78, 5) is 14.0. The minimum Gasteiger partial charge on any atom is -0.326 e. The van der Waals surface area contributed by atoms with E-state index < -0.39 is 0 Å². The molecule has 0 bridgehead atoms. The molecule has 3 nitrogen and oxygen atoms in total. The largest absolute Gasteiger partial charge is 0.326 e. The van der Waals surface area contributed by atoms with Crippen LogP contribution in [0.2, 0.25) is 0 Å². The molecule has 1 amide bonds. The van der Waals surface area contributed by atoms with Gasteiger partial charge in [0, 0.05) is 6.54 Å². The lowest BCUT2D eigenvalue weighted by atomic mass is 10.0. The minimum atomic E-state index is -0.233. The van der Waals surface area contributed by atoms with E-state index in [2.05, 4.69) is 24.3 Å². The monoisotopic (exact) mass is 264 g/mol. The summed E-state index contributed by atoms with van der Waals surface area (Å²) in [5.41, 5.74) is 1.01. The predicted octanol–water partition coefficient (Wildman–Crippen LogP) is 2.90. The first-order chi connectivity index (χ1) is 9.78. The van der Waals surface area contributed by atoms with Gasteiger partial charge in [-0.1, -0.05) is 42.5 Å². The van der Waals surface area contributed by atoms with Crippen LogP contribution in [0.25, 0.3) is 10.8 Å². The van der Waals surface area contributed by atoms with Gasteiger partial charge < -0.3 is 4.90 Å². The first-order valence-electron chi connectivity index (χ1n) is 6.95. The number of carbonyl (C=O) groups is 1. The van der Waals surface area contributed by atoms with Crippen LogP contribution >= 0.6 is 0 Å². The molecule has 1 aliphatic heterocycles. The van der Waals surface area contributed by atoms with Gasteiger partial charge in [0.25, 0.3) is 0 Å². The average molecular weight is 264 g/mol. The van der Waals surface area contributed by atoms with Gasteiger partial charge in [-0.05, 0) is 29.2 Å². The molecule has 1 unspecified atom stereocenters. The molecule has 1 saturated heterocycles. The summed E-state index contributed by atoms with van der Waals surface area (Å²) in [6.07, 6.45) is 2.12. The van der Waals surface area contributed by atoms with E-state index in [-0.39, 0.29) is 11.9 Å². The zero-order chi connectivity index (χ0) is 13.9. The molecule has 3 heteroatoms. The molecule has 0 aromatic heterocycles. The van der Waals surface area contributed by atoms with Gasteiger partial charge in [-0.25, -0.2) is 0 Å². The Balaban J connectivity index is 1.79. The Hall–Kier alpha value is -2.34. The second kappa shape index (κ2) is 5.34. The number of nitriles is 1. The molecule has 1 atom stereocenters. The lowest BCUT2D eigenvalue weighted by Crippen LogP contribution is -2.35. The molecule has 2 aromatic carbocycles. The smallest absolute Gasteiger partial charge is 0.228 e. The second-order valence-corrected chi connectivity index (χ2v) is 5.23. The van der Waals surface area contributed by atoms with Crippen LogP contribution in [-0.4, -0.2) is 23.4 Å². The van der Waals surface area contributed by atoms with Crippen LogP contribution in [0.5, 0.6) is 0 Å². The molecule has 1 heterocycles. The van der Waals surface area contributed by atoms with Gasteiger partial charge in [0.15, 0.2) is 0 Å². The van der Waals surface area contributed by atoms with Gasteiger partial charge >= 0.3 is 0 Å². The number of carbonyl (C=O) groups excluding carboxylic acids is 1. The normalized spacial score (nSPS) is 18.1. The molecular weight excluding hydrogens is 248 g/mol. The van der Waals surface area contributed by atoms with E-state index in [1.807, 2.05) is 24.3 Å². The van der Waals surface area contributed by atoms with Crippen LogP contribution < -0.4 is 0 Å². The van der Waals surface area contributed by atoms with Gasteiger partial charge in [0.05, 0.1) is 12.5 Å². The molecule has 1 aliphatic rings. The second-order valence-electron chi connectivity index (χ2n) is 5.23. The zero-order valence-electron chi connectivity index (χ0n) is 11.2. The van der Waals surface area contributed by atoms with E-state index in [4.69, 9.17) is 5.26 Å². The van der Waals surface area contributed by atoms with Gasteiger partial charge in [-0.3, -0.25) is 4.79 Å². The number of hydrogen-bond acceptors (Lipinski definition) is 2. The summed E-state index contributed by atoms with van der Waals surface area (Å²) in [6.45, 7) is 0.713. The fraction of sp³-hybridized carbons (Fsp3) is 0.294. The molecule has 0 aliphatic carbocycles. The van der Waals surface area contributed by atoms with E-state index >= 15 is 0 Å². The van der Waals surface area contributed by atoms with E-state index in [1.54, 1.807) is 4.90 Å². The van der Waals surface area contributed by atoms with Crippen molar-refractivity contribution >= 4 is 16.7 Å². The molecule has 0 saturated carbocycles. The SMILES string of the molecule is N#CC1CCCN1C(=O)Cc1ccc2ccccc2c1. The molecule has 3 rings (SSSR count). The highest BCUT2D eigenvalue weighted by Gasteiger charge is 2.28. The van der Waals surface area contributed by atoms with Crippen LogP contribution in [0.1, 0.15) is 18.4 Å². The van der Waals surface area contributed by atoms with Gasteiger partial charge in [0.1, 0.15) is 6.04 Å². The van der Waals surface area contributed by atoms with Crippen molar-refractivity contribution in [1.29, 1.82) is 5.26 Å². The number of likely N-dealkylation sites (tertiary alicyclic amines) is 1. The van der Waals surface area contributed by atoms with Gasteiger partial charge in [-0.2, -0.15) is 5.26 Å². The van der Waals surface area contributed by atoms with Crippen molar-refractivity contribution < 1.29 is 4.79 Å². The summed E-state index contributed by atoms with van der Waals surface area (Å²) in [6, 6.07) is 16.2. The summed E-state index contributed by atoms with van der Waals surface area (Å²) in [5, 5.41) is 11.4. The average Bonchev–Trinajstić information content (AvgIpc) is 2.95. The molecular formula is C17H16N2O. The molecule has 20 heavy (non-hydrogen) atoms. The van der Waals surface area contributed by atoms with Crippen molar-refractivity contribution in [3.8, 4) is 6.07 Å². The third kappa shape index (κ3) is 2.37. The lowest BCUT2D eigenvalue weighted by Gasteiger charge is -2.19. The maximum atomic E-state index is 12.3. The molecule has 2 aromatic rings. The van der Waals surface area contributed by atoms with Crippen LogP contribution in [0.3, 0.4) is 0 Å². The highest BCUT2D eigenvalue weighted by Crippen LogP contribution is 2.20. The van der Waals surface area contributed by atoms with Crippen molar-refractivity contribution in [1.82, 2.24) is 4.90 Å². The van der Waals surface area contributed by atoms with Crippen molar-refractivity contribution in [3.63, 3.8) is 0 Å². The van der Waals surface area contributed by atoms with E-state index in [1.165, 1.54) is 5.39 Å². The van der Waals surface area contributed by atoms with Crippen molar-refractivity contribution in [2.24, 2.45) is 0 Å². The zero-order valence-corrected chi connectivity index (χ0v) is 11.2. The summed E-state index contributed by atoms with van der Waals surface area (Å²) in [7, 11) is 0. The Morgan fingerprint density at radius 3 is 2.85 bits per heavy atom.